The molecular formula is C10H13NO2S. The molecule has 1 aromatic rings. The van der Waals surface area contributed by atoms with Gasteiger partial charge in [0.15, 0.2) is 0 Å². The van der Waals surface area contributed by atoms with Crippen LogP contribution in [0, 0.1) is 10.1 Å². The highest BCUT2D eigenvalue weighted by Crippen LogP contribution is 2.25. The summed E-state index contributed by atoms with van der Waals surface area (Å²) in [6.07, 6.45) is 0.832. The maximum Gasteiger partial charge on any atom is 0.270 e. The first-order valence-electron chi connectivity index (χ1n) is 4.58. The van der Waals surface area contributed by atoms with E-state index in [1.54, 1.807) is 23.9 Å². The summed E-state index contributed by atoms with van der Waals surface area (Å²) in [6.45, 7) is 4.04. The van der Waals surface area contributed by atoms with Gasteiger partial charge in [0.1, 0.15) is 0 Å². The number of thioether (sulfide) groups is 1. The van der Waals surface area contributed by atoms with Crippen molar-refractivity contribution in [1.29, 1.82) is 0 Å². The Bertz CT molecular complexity index is 339. The molecule has 0 spiro atoms. The third kappa shape index (κ3) is 2.73. The summed E-state index contributed by atoms with van der Waals surface area (Å²) < 4.78 is 0. The number of rotatable bonds is 4. The van der Waals surface area contributed by atoms with Gasteiger partial charge in [-0.05, 0) is 23.8 Å². The Kier molecular flexibility index (Phi) is 3.95. The molecule has 0 saturated carbocycles. The van der Waals surface area contributed by atoms with Crippen LogP contribution in [0.1, 0.15) is 19.4 Å². The van der Waals surface area contributed by atoms with E-state index in [0.717, 1.165) is 22.6 Å². The molecule has 1 aromatic carbocycles. The summed E-state index contributed by atoms with van der Waals surface area (Å²) in [7, 11) is 0. The molecule has 4 heteroatoms. The molecule has 0 radical (unpaired) electrons. The zero-order chi connectivity index (χ0) is 10.6. The SMILES string of the molecule is CCSc1cc(CC)cc([N+](=O)[O-])c1. The van der Waals surface area contributed by atoms with Gasteiger partial charge in [-0.25, -0.2) is 0 Å². The van der Waals surface area contributed by atoms with Gasteiger partial charge in [0.05, 0.1) is 4.92 Å². The average molecular weight is 211 g/mol. The molecule has 0 saturated heterocycles. The van der Waals surface area contributed by atoms with Crippen LogP contribution in [0.5, 0.6) is 0 Å². The van der Waals surface area contributed by atoms with Crippen LogP contribution in [-0.4, -0.2) is 10.7 Å². The molecule has 0 bridgehead atoms. The lowest BCUT2D eigenvalue weighted by Gasteiger charge is -2.02. The van der Waals surface area contributed by atoms with Gasteiger partial charge in [-0.3, -0.25) is 10.1 Å². The van der Waals surface area contributed by atoms with Crippen molar-refractivity contribution in [2.24, 2.45) is 0 Å². The molecule has 3 nitrogen and oxygen atoms in total. The van der Waals surface area contributed by atoms with Crippen molar-refractivity contribution in [2.75, 3.05) is 5.75 Å². The van der Waals surface area contributed by atoms with Gasteiger partial charge >= 0.3 is 0 Å². The predicted molar refractivity (Wildman–Crippen MR) is 58.9 cm³/mol. The Labute approximate surface area is 87.7 Å². The topological polar surface area (TPSA) is 43.1 Å². The minimum absolute atomic E-state index is 0.195. The standard InChI is InChI=1S/C10H13NO2S/c1-3-8-5-9(11(12)13)7-10(6-8)14-4-2/h5-7H,3-4H2,1-2H3. The zero-order valence-electron chi connectivity index (χ0n) is 8.32. The van der Waals surface area contributed by atoms with Crippen molar-refractivity contribution in [3.63, 3.8) is 0 Å². The molecule has 76 valence electrons. The second-order valence-corrected chi connectivity index (χ2v) is 4.22. The van der Waals surface area contributed by atoms with Crippen molar-refractivity contribution in [1.82, 2.24) is 0 Å². The van der Waals surface area contributed by atoms with E-state index in [9.17, 15) is 10.1 Å². The van der Waals surface area contributed by atoms with Gasteiger partial charge in [-0.2, -0.15) is 0 Å². The van der Waals surface area contributed by atoms with Gasteiger partial charge < -0.3 is 0 Å². The smallest absolute Gasteiger partial charge is 0.258 e. The minimum atomic E-state index is -0.334. The highest BCUT2D eigenvalue weighted by Gasteiger charge is 2.08. The Morgan fingerprint density at radius 2 is 2.07 bits per heavy atom. The van der Waals surface area contributed by atoms with Crippen LogP contribution < -0.4 is 0 Å². The summed E-state index contributed by atoms with van der Waals surface area (Å²) in [5.74, 6) is 0.935. The predicted octanol–water partition coefficient (Wildman–Crippen LogP) is 3.27. The van der Waals surface area contributed by atoms with Crippen molar-refractivity contribution in [3.05, 3.63) is 33.9 Å². The van der Waals surface area contributed by atoms with E-state index in [0.29, 0.717) is 0 Å². The van der Waals surface area contributed by atoms with E-state index in [1.165, 1.54) is 0 Å². The fourth-order valence-electron chi connectivity index (χ4n) is 1.20. The van der Waals surface area contributed by atoms with E-state index in [4.69, 9.17) is 0 Å². The van der Waals surface area contributed by atoms with Crippen molar-refractivity contribution in [3.8, 4) is 0 Å². The minimum Gasteiger partial charge on any atom is -0.258 e. The third-order valence-corrected chi connectivity index (χ3v) is 2.74. The summed E-state index contributed by atoms with van der Waals surface area (Å²) in [5.41, 5.74) is 1.22. The van der Waals surface area contributed by atoms with Crippen molar-refractivity contribution in [2.45, 2.75) is 25.2 Å². The maximum absolute atomic E-state index is 10.6. The Morgan fingerprint density at radius 1 is 1.36 bits per heavy atom. The third-order valence-electron chi connectivity index (χ3n) is 1.88. The summed E-state index contributed by atoms with van der Waals surface area (Å²) in [5, 5.41) is 10.6. The molecular weight excluding hydrogens is 198 g/mol. The molecule has 14 heavy (non-hydrogen) atoms. The number of hydrogen-bond donors (Lipinski definition) is 0. The van der Waals surface area contributed by atoms with Crippen LogP contribution >= 0.6 is 11.8 Å². The van der Waals surface area contributed by atoms with Gasteiger partial charge in [-0.15, -0.1) is 11.8 Å². The molecule has 1 rings (SSSR count). The van der Waals surface area contributed by atoms with Crippen LogP contribution in [-0.2, 0) is 6.42 Å². The molecule has 0 fully saturated rings. The van der Waals surface area contributed by atoms with Crippen LogP contribution in [0.2, 0.25) is 0 Å². The van der Waals surface area contributed by atoms with Crippen LogP contribution in [0.15, 0.2) is 23.1 Å². The van der Waals surface area contributed by atoms with Crippen LogP contribution in [0.3, 0.4) is 0 Å². The molecule has 0 aliphatic carbocycles. The molecule has 0 aliphatic heterocycles. The second kappa shape index (κ2) is 5.00. The summed E-state index contributed by atoms with van der Waals surface area (Å²) in [6, 6.07) is 5.29. The van der Waals surface area contributed by atoms with E-state index in [-0.39, 0.29) is 10.6 Å². The van der Waals surface area contributed by atoms with E-state index in [2.05, 4.69) is 0 Å². The normalized spacial score (nSPS) is 10.1. The fourth-order valence-corrected chi connectivity index (χ4v) is 1.98. The van der Waals surface area contributed by atoms with E-state index < -0.39 is 0 Å². The highest BCUT2D eigenvalue weighted by molar-refractivity contribution is 7.99. The first-order valence-corrected chi connectivity index (χ1v) is 5.57. The first-order chi connectivity index (χ1) is 6.67. The van der Waals surface area contributed by atoms with Gasteiger partial charge in [0.2, 0.25) is 0 Å². The zero-order valence-corrected chi connectivity index (χ0v) is 9.13. The van der Waals surface area contributed by atoms with E-state index >= 15 is 0 Å². The van der Waals surface area contributed by atoms with Crippen molar-refractivity contribution < 1.29 is 4.92 Å². The molecule has 0 aromatic heterocycles. The van der Waals surface area contributed by atoms with Gasteiger partial charge in [0.25, 0.3) is 5.69 Å². The highest BCUT2D eigenvalue weighted by atomic mass is 32.2. The summed E-state index contributed by atoms with van der Waals surface area (Å²) in [4.78, 5) is 11.3. The number of nitrogens with zero attached hydrogens (tertiary/aromatic N) is 1. The lowest BCUT2D eigenvalue weighted by molar-refractivity contribution is -0.385. The first kappa shape index (κ1) is 11.0. The number of nitro benzene ring substituents is 1. The van der Waals surface area contributed by atoms with Gasteiger partial charge in [-0.1, -0.05) is 13.8 Å². The van der Waals surface area contributed by atoms with Gasteiger partial charge in [0, 0.05) is 17.0 Å². The second-order valence-electron chi connectivity index (χ2n) is 2.88. The molecule has 0 atom stereocenters. The Hall–Kier alpha value is -1.03. The lowest BCUT2D eigenvalue weighted by atomic mass is 10.1. The summed E-state index contributed by atoms with van der Waals surface area (Å²) >= 11 is 1.63. The number of hydrogen-bond acceptors (Lipinski definition) is 3. The number of non-ortho nitro benzene ring substituents is 1. The lowest BCUT2D eigenvalue weighted by Crippen LogP contribution is -1.91. The number of benzene rings is 1. The van der Waals surface area contributed by atoms with Crippen molar-refractivity contribution >= 4 is 17.4 Å². The monoisotopic (exact) mass is 211 g/mol. The molecule has 0 N–H and O–H groups in total. The quantitative estimate of drug-likeness (QED) is 0.436. The number of aryl methyl sites for hydroxylation is 1. The molecule has 0 aliphatic rings. The largest absolute Gasteiger partial charge is 0.270 e. The van der Waals surface area contributed by atoms with Crippen LogP contribution in [0.4, 0.5) is 5.69 Å². The Balaban J connectivity index is 3.06. The fraction of sp³-hybridized carbons (Fsp3) is 0.400. The number of nitro groups is 1. The molecule has 0 unspecified atom stereocenters. The van der Waals surface area contributed by atoms with E-state index in [1.807, 2.05) is 19.9 Å². The Morgan fingerprint density at radius 3 is 2.57 bits per heavy atom. The maximum atomic E-state index is 10.6. The molecule has 0 heterocycles. The molecule has 0 amide bonds. The van der Waals surface area contributed by atoms with Crippen LogP contribution in [0.25, 0.3) is 0 Å². The average Bonchev–Trinajstić information content (AvgIpc) is 2.17.